The Kier molecular flexibility index (Phi) is 6.25. The van der Waals surface area contributed by atoms with E-state index in [1.54, 1.807) is 9.80 Å². The number of nitrogens with zero attached hydrogens (tertiary/aromatic N) is 2. The van der Waals surface area contributed by atoms with Gasteiger partial charge in [0.15, 0.2) is 0 Å². The largest absolute Gasteiger partial charge is 0.380 e. The Labute approximate surface area is 191 Å². The van der Waals surface area contributed by atoms with Crippen molar-refractivity contribution in [3.63, 3.8) is 0 Å². The van der Waals surface area contributed by atoms with E-state index < -0.39 is 17.7 Å². The quantitative estimate of drug-likeness (QED) is 0.694. The third-order valence-electron chi connectivity index (χ3n) is 9.22. The fourth-order valence-corrected chi connectivity index (χ4v) is 6.94. The van der Waals surface area contributed by atoms with Crippen molar-refractivity contribution < 1.29 is 19.1 Å². The summed E-state index contributed by atoms with van der Waals surface area (Å²) in [6.07, 6.45) is 8.34. The predicted molar refractivity (Wildman–Crippen MR) is 120 cm³/mol. The van der Waals surface area contributed by atoms with Gasteiger partial charge >= 0.3 is 0 Å². The lowest BCUT2D eigenvalue weighted by molar-refractivity contribution is -0.149. The third-order valence-corrected chi connectivity index (χ3v) is 9.22. The molecule has 2 saturated heterocycles. The average Bonchev–Trinajstić information content (AvgIpc) is 3.56. The van der Waals surface area contributed by atoms with Crippen LogP contribution >= 0.6 is 0 Å². The molecular weight excluding hydrogens is 409 g/mol. The maximum absolute atomic E-state index is 15.2. The van der Waals surface area contributed by atoms with Crippen LogP contribution < -0.4 is 5.32 Å². The molecule has 180 valence electrons. The first-order valence-electron chi connectivity index (χ1n) is 13.0. The maximum Gasteiger partial charge on any atom is 0.254 e. The SMILES string of the molecule is CC1CCC2NC(C3CCC(C(=O)N4CCN(C(=O)C5(O)CC5)CC4)C(F)C3)CCC2C1. The highest BCUT2D eigenvalue weighted by Gasteiger charge is 2.51. The van der Waals surface area contributed by atoms with E-state index in [0.717, 1.165) is 24.7 Å². The minimum Gasteiger partial charge on any atom is -0.380 e. The summed E-state index contributed by atoms with van der Waals surface area (Å²) in [5.74, 6) is 1.15. The number of rotatable bonds is 3. The first kappa shape index (κ1) is 22.6. The number of halogens is 1. The van der Waals surface area contributed by atoms with Crippen molar-refractivity contribution in [2.75, 3.05) is 26.2 Å². The molecule has 0 aromatic heterocycles. The van der Waals surface area contributed by atoms with Crippen molar-refractivity contribution in [1.82, 2.24) is 15.1 Å². The minimum absolute atomic E-state index is 0.0777. The molecule has 7 unspecified atom stereocenters. The molecule has 0 aromatic rings. The van der Waals surface area contributed by atoms with Crippen molar-refractivity contribution in [3.8, 4) is 0 Å². The Morgan fingerprint density at radius 1 is 0.875 bits per heavy atom. The van der Waals surface area contributed by atoms with Crippen molar-refractivity contribution in [1.29, 1.82) is 0 Å². The smallest absolute Gasteiger partial charge is 0.254 e. The van der Waals surface area contributed by atoms with E-state index in [-0.39, 0.29) is 11.8 Å². The number of amides is 2. The summed E-state index contributed by atoms with van der Waals surface area (Å²) in [5.41, 5.74) is -1.16. The number of aliphatic hydroxyl groups is 1. The lowest BCUT2D eigenvalue weighted by Crippen LogP contribution is -2.56. The van der Waals surface area contributed by atoms with Crippen LogP contribution in [0.25, 0.3) is 0 Å². The molecule has 7 heteroatoms. The van der Waals surface area contributed by atoms with Crippen molar-refractivity contribution in [2.24, 2.45) is 23.7 Å². The second kappa shape index (κ2) is 8.86. The summed E-state index contributed by atoms with van der Waals surface area (Å²) in [6, 6.07) is 1.01. The third kappa shape index (κ3) is 4.44. The summed E-state index contributed by atoms with van der Waals surface area (Å²) >= 11 is 0. The van der Waals surface area contributed by atoms with Crippen LogP contribution in [0.2, 0.25) is 0 Å². The van der Waals surface area contributed by atoms with E-state index in [0.29, 0.717) is 69.9 Å². The van der Waals surface area contributed by atoms with Crippen molar-refractivity contribution >= 4 is 11.8 Å². The number of fused-ring (bicyclic) bond motifs is 1. The molecule has 3 saturated carbocycles. The Hall–Kier alpha value is -1.21. The van der Waals surface area contributed by atoms with E-state index in [1.165, 1.54) is 25.7 Å². The number of hydrogen-bond acceptors (Lipinski definition) is 4. The first-order valence-corrected chi connectivity index (χ1v) is 13.0. The molecule has 0 spiro atoms. The topological polar surface area (TPSA) is 72.9 Å². The van der Waals surface area contributed by atoms with Crippen molar-refractivity contribution in [3.05, 3.63) is 0 Å². The van der Waals surface area contributed by atoms with Gasteiger partial charge in [0, 0.05) is 38.3 Å². The zero-order chi connectivity index (χ0) is 22.5. The Morgan fingerprint density at radius 2 is 1.47 bits per heavy atom. The molecule has 2 amide bonds. The van der Waals surface area contributed by atoms with E-state index in [2.05, 4.69) is 12.2 Å². The summed E-state index contributed by atoms with van der Waals surface area (Å²) in [7, 11) is 0. The van der Waals surface area contributed by atoms with Gasteiger partial charge in [-0.1, -0.05) is 6.92 Å². The van der Waals surface area contributed by atoms with Crippen LogP contribution in [0.4, 0.5) is 4.39 Å². The average molecular weight is 450 g/mol. The molecule has 0 bridgehead atoms. The number of piperidine rings is 1. The second-order valence-electron chi connectivity index (χ2n) is 11.5. The van der Waals surface area contributed by atoms with Crippen molar-refractivity contribution in [2.45, 2.75) is 95.0 Å². The van der Waals surface area contributed by atoms with Gasteiger partial charge in [-0.25, -0.2) is 4.39 Å². The van der Waals surface area contributed by atoms with Crippen LogP contribution in [0.3, 0.4) is 0 Å². The van der Waals surface area contributed by atoms with Gasteiger partial charge in [-0.2, -0.15) is 0 Å². The highest BCUT2D eigenvalue weighted by atomic mass is 19.1. The first-order chi connectivity index (χ1) is 15.3. The van der Waals surface area contributed by atoms with Crippen LogP contribution in [0, 0.1) is 23.7 Å². The molecule has 6 nitrogen and oxygen atoms in total. The number of alkyl halides is 1. The number of piperazine rings is 1. The molecule has 2 N–H and O–H groups in total. The summed E-state index contributed by atoms with van der Waals surface area (Å²) in [6.45, 7) is 4.12. The van der Waals surface area contributed by atoms with E-state index >= 15 is 4.39 Å². The Bertz CT molecular complexity index is 721. The summed E-state index contributed by atoms with van der Waals surface area (Å²) in [5, 5.41) is 13.9. The number of carbonyl (C=O) groups is 2. The minimum atomic E-state index is -1.16. The standard InChI is InChI=1S/C25H40FN3O3/c1-16-2-6-21-17(14-16)4-7-22(27-21)18-3-5-19(20(26)15-18)23(30)28-10-12-29(13-11-28)24(31)25(32)8-9-25/h16-22,27,32H,2-15H2,1H3. The van der Waals surface area contributed by atoms with E-state index in [9.17, 15) is 14.7 Å². The number of nitrogens with one attached hydrogen (secondary N) is 1. The number of carbonyl (C=O) groups excluding carboxylic acids is 2. The monoisotopic (exact) mass is 449 g/mol. The molecule has 5 fully saturated rings. The Morgan fingerprint density at radius 3 is 2.12 bits per heavy atom. The van der Waals surface area contributed by atoms with E-state index in [4.69, 9.17) is 0 Å². The molecule has 2 heterocycles. The van der Waals surface area contributed by atoms with Gasteiger partial charge in [0.25, 0.3) is 5.91 Å². The molecule has 7 atom stereocenters. The fourth-order valence-electron chi connectivity index (χ4n) is 6.94. The van der Waals surface area contributed by atoms with E-state index in [1.807, 2.05) is 0 Å². The number of hydrogen-bond donors (Lipinski definition) is 2. The maximum atomic E-state index is 15.2. The molecular formula is C25H40FN3O3. The molecule has 2 aliphatic heterocycles. The van der Waals surface area contributed by atoms with Crippen LogP contribution in [0.15, 0.2) is 0 Å². The normalized spacial score (nSPS) is 41.7. The lowest BCUT2D eigenvalue weighted by atomic mass is 9.69. The van der Waals surface area contributed by atoms with Gasteiger partial charge in [-0.05, 0) is 82.0 Å². The molecule has 0 aromatic carbocycles. The van der Waals surface area contributed by atoms with Gasteiger partial charge in [-0.15, -0.1) is 0 Å². The predicted octanol–water partition coefficient (Wildman–Crippen LogP) is 2.49. The van der Waals surface area contributed by atoms with Crippen LogP contribution in [0.1, 0.15) is 71.1 Å². The highest BCUT2D eigenvalue weighted by Crippen LogP contribution is 2.41. The molecule has 5 aliphatic rings. The Balaban J connectivity index is 1.10. The van der Waals surface area contributed by atoms with Gasteiger partial charge in [0.2, 0.25) is 5.91 Å². The molecule has 3 aliphatic carbocycles. The van der Waals surface area contributed by atoms with Gasteiger partial charge in [0.1, 0.15) is 11.8 Å². The van der Waals surface area contributed by atoms with Crippen LogP contribution in [-0.4, -0.2) is 76.8 Å². The van der Waals surface area contributed by atoms with Gasteiger partial charge < -0.3 is 20.2 Å². The zero-order valence-corrected chi connectivity index (χ0v) is 19.5. The van der Waals surface area contributed by atoms with Crippen LogP contribution in [0.5, 0.6) is 0 Å². The second-order valence-corrected chi connectivity index (χ2v) is 11.5. The fraction of sp³-hybridized carbons (Fsp3) is 0.920. The summed E-state index contributed by atoms with van der Waals surface area (Å²) < 4.78 is 15.2. The molecule has 5 rings (SSSR count). The van der Waals surface area contributed by atoms with Crippen LogP contribution in [-0.2, 0) is 9.59 Å². The highest BCUT2D eigenvalue weighted by molar-refractivity contribution is 5.88. The lowest BCUT2D eigenvalue weighted by Gasteiger charge is -2.46. The van der Waals surface area contributed by atoms with Gasteiger partial charge in [-0.3, -0.25) is 9.59 Å². The molecule has 0 radical (unpaired) electrons. The zero-order valence-electron chi connectivity index (χ0n) is 19.5. The van der Waals surface area contributed by atoms with Gasteiger partial charge in [0.05, 0.1) is 5.92 Å². The summed E-state index contributed by atoms with van der Waals surface area (Å²) in [4.78, 5) is 28.8. The molecule has 32 heavy (non-hydrogen) atoms.